The van der Waals surface area contributed by atoms with Gasteiger partial charge < -0.3 is 10.1 Å². The van der Waals surface area contributed by atoms with Crippen LogP contribution in [-0.4, -0.2) is 43.6 Å². The first-order valence-corrected chi connectivity index (χ1v) is 7.37. The molecule has 1 rings (SSSR count). The zero-order valence-corrected chi connectivity index (χ0v) is 13.8. The molecule has 6 nitrogen and oxygen atoms in total. The molecule has 0 aliphatic carbocycles. The highest BCUT2D eigenvalue weighted by atomic mass is 16.5. The molecule has 1 aromatic carbocycles. The largest absolute Gasteiger partial charge is 0.493 e. The molecule has 122 valence electrons. The number of hydrazine groups is 1. The Balaban J connectivity index is 2.90. The van der Waals surface area contributed by atoms with Gasteiger partial charge in [0.2, 0.25) is 0 Å². The maximum atomic E-state index is 12.5. The van der Waals surface area contributed by atoms with Crippen molar-refractivity contribution in [1.29, 1.82) is 0 Å². The van der Waals surface area contributed by atoms with Gasteiger partial charge >= 0.3 is 0 Å². The number of hydrogen-bond acceptors (Lipinski definition) is 4. The van der Waals surface area contributed by atoms with Gasteiger partial charge in [-0.15, -0.1) is 0 Å². The molecule has 6 heteroatoms. The molecule has 0 unspecified atom stereocenters. The van der Waals surface area contributed by atoms with Crippen molar-refractivity contribution in [2.45, 2.75) is 26.8 Å². The molecular formula is C16H25N3O3. The molecule has 0 saturated heterocycles. The van der Waals surface area contributed by atoms with Crippen LogP contribution in [0.5, 0.6) is 5.75 Å². The van der Waals surface area contributed by atoms with E-state index in [-0.39, 0.29) is 17.7 Å². The summed E-state index contributed by atoms with van der Waals surface area (Å²) in [4.78, 5) is 24.6. The van der Waals surface area contributed by atoms with Gasteiger partial charge in [0.1, 0.15) is 11.8 Å². The molecule has 0 radical (unpaired) electrons. The van der Waals surface area contributed by atoms with E-state index in [9.17, 15) is 9.59 Å². The number of carbonyl (C=O) groups excluding carboxylic acids is 2. The minimum absolute atomic E-state index is 0.0387. The highest BCUT2D eigenvalue weighted by Crippen LogP contribution is 2.18. The lowest BCUT2D eigenvalue weighted by atomic mass is 10.0. The second kappa shape index (κ2) is 8.38. The van der Waals surface area contributed by atoms with Crippen molar-refractivity contribution in [3.05, 3.63) is 29.8 Å². The number of nitrogens with one attached hydrogen (secondary N) is 2. The molecule has 0 bridgehead atoms. The SMILES string of the molecule is CCOc1ccccc1C(=O)N[C@H](C(=O)NN(C)C)C(C)C. The second-order valence-corrected chi connectivity index (χ2v) is 5.49. The molecular weight excluding hydrogens is 282 g/mol. The number of benzene rings is 1. The fraction of sp³-hybridized carbons (Fsp3) is 0.500. The number of hydrogen-bond donors (Lipinski definition) is 2. The topological polar surface area (TPSA) is 70.7 Å². The first kappa shape index (κ1) is 18.0. The zero-order valence-electron chi connectivity index (χ0n) is 13.8. The molecule has 0 saturated carbocycles. The fourth-order valence-electron chi connectivity index (χ4n) is 1.98. The Hall–Kier alpha value is -2.08. The summed E-state index contributed by atoms with van der Waals surface area (Å²) in [6.07, 6.45) is 0. The number of ether oxygens (including phenoxy) is 1. The summed E-state index contributed by atoms with van der Waals surface area (Å²) >= 11 is 0. The van der Waals surface area contributed by atoms with E-state index >= 15 is 0 Å². The molecule has 0 spiro atoms. The summed E-state index contributed by atoms with van der Waals surface area (Å²) in [5, 5.41) is 4.33. The molecule has 1 atom stereocenters. The van der Waals surface area contributed by atoms with Gasteiger partial charge in [0.15, 0.2) is 0 Å². The number of carbonyl (C=O) groups is 2. The minimum atomic E-state index is -0.621. The summed E-state index contributed by atoms with van der Waals surface area (Å²) in [6.45, 7) is 6.10. The summed E-state index contributed by atoms with van der Waals surface area (Å²) in [5.41, 5.74) is 3.09. The Labute approximate surface area is 131 Å². The number of amides is 2. The third kappa shape index (κ3) is 5.04. The van der Waals surface area contributed by atoms with Gasteiger partial charge in [-0.3, -0.25) is 15.0 Å². The standard InChI is InChI=1S/C16H25N3O3/c1-6-22-13-10-8-7-9-12(13)15(20)17-14(11(2)3)16(21)18-19(4)5/h7-11,14H,6H2,1-5H3,(H,17,20)(H,18,21)/t14-/m0/s1. The van der Waals surface area contributed by atoms with E-state index in [1.807, 2.05) is 20.8 Å². The minimum Gasteiger partial charge on any atom is -0.493 e. The Morgan fingerprint density at radius 1 is 1.23 bits per heavy atom. The van der Waals surface area contributed by atoms with Crippen molar-refractivity contribution in [2.24, 2.45) is 5.92 Å². The highest BCUT2D eigenvalue weighted by Gasteiger charge is 2.26. The molecule has 0 aromatic heterocycles. The van der Waals surface area contributed by atoms with Gasteiger partial charge in [-0.25, -0.2) is 5.01 Å². The first-order valence-electron chi connectivity index (χ1n) is 7.37. The summed E-state index contributed by atoms with van der Waals surface area (Å²) in [7, 11) is 3.45. The molecule has 1 aromatic rings. The lowest BCUT2D eigenvalue weighted by Gasteiger charge is -2.24. The Morgan fingerprint density at radius 3 is 2.41 bits per heavy atom. The molecule has 0 aliphatic rings. The molecule has 0 aliphatic heterocycles. The van der Waals surface area contributed by atoms with Gasteiger partial charge in [0.25, 0.3) is 11.8 Å². The maximum absolute atomic E-state index is 12.5. The summed E-state index contributed by atoms with van der Waals surface area (Å²) < 4.78 is 5.46. The van der Waals surface area contributed by atoms with E-state index in [0.717, 1.165) is 0 Å². The van der Waals surface area contributed by atoms with Crippen molar-refractivity contribution < 1.29 is 14.3 Å². The van der Waals surface area contributed by atoms with Gasteiger partial charge in [-0.1, -0.05) is 26.0 Å². The average Bonchev–Trinajstić information content (AvgIpc) is 2.44. The van der Waals surface area contributed by atoms with Crippen molar-refractivity contribution in [2.75, 3.05) is 20.7 Å². The Bertz CT molecular complexity index is 515. The van der Waals surface area contributed by atoms with Crippen LogP contribution >= 0.6 is 0 Å². The van der Waals surface area contributed by atoms with Crippen LogP contribution in [0.1, 0.15) is 31.1 Å². The fourth-order valence-corrected chi connectivity index (χ4v) is 1.98. The highest BCUT2D eigenvalue weighted by molar-refractivity contribution is 5.99. The van der Waals surface area contributed by atoms with E-state index in [0.29, 0.717) is 17.9 Å². The van der Waals surface area contributed by atoms with Crippen LogP contribution in [0, 0.1) is 5.92 Å². The monoisotopic (exact) mass is 307 g/mol. The van der Waals surface area contributed by atoms with Gasteiger partial charge in [0, 0.05) is 14.1 Å². The molecule has 2 amide bonds. The van der Waals surface area contributed by atoms with Gasteiger partial charge in [-0.05, 0) is 25.0 Å². The zero-order chi connectivity index (χ0) is 16.7. The number of nitrogens with zero attached hydrogens (tertiary/aromatic N) is 1. The van der Waals surface area contributed by atoms with Gasteiger partial charge in [0.05, 0.1) is 12.2 Å². The summed E-state index contributed by atoms with van der Waals surface area (Å²) in [5.74, 6) is -0.0972. The van der Waals surface area contributed by atoms with Crippen molar-refractivity contribution in [3.8, 4) is 5.75 Å². The smallest absolute Gasteiger partial charge is 0.257 e. The van der Waals surface area contributed by atoms with E-state index in [4.69, 9.17) is 4.74 Å². The van der Waals surface area contributed by atoms with Crippen LogP contribution in [0.3, 0.4) is 0 Å². The van der Waals surface area contributed by atoms with E-state index in [1.54, 1.807) is 43.4 Å². The van der Waals surface area contributed by atoms with Crippen LogP contribution < -0.4 is 15.5 Å². The molecule has 0 heterocycles. The molecule has 2 N–H and O–H groups in total. The average molecular weight is 307 g/mol. The van der Waals surface area contributed by atoms with Crippen LogP contribution in [0.2, 0.25) is 0 Å². The Morgan fingerprint density at radius 2 is 1.86 bits per heavy atom. The normalized spacial score (nSPS) is 12.1. The van der Waals surface area contributed by atoms with Gasteiger partial charge in [-0.2, -0.15) is 0 Å². The first-order chi connectivity index (χ1) is 10.4. The predicted octanol–water partition coefficient (Wildman–Crippen LogP) is 1.43. The second-order valence-electron chi connectivity index (χ2n) is 5.49. The van der Waals surface area contributed by atoms with Crippen molar-refractivity contribution in [3.63, 3.8) is 0 Å². The Kier molecular flexibility index (Phi) is 6.85. The van der Waals surface area contributed by atoms with Crippen LogP contribution in [-0.2, 0) is 4.79 Å². The third-order valence-corrected chi connectivity index (χ3v) is 3.00. The van der Waals surface area contributed by atoms with Crippen LogP contribution in [0.25, 0.3) is 0 Å². The quantitative estimate of drug-likeness (QED) is 0.748. The number of para-hydroxylation sites is 1. The lowest BCUT2D eigenvalue weighted by molar-refractivity contribution is -0.127. The molecule has 22 heavy (non-hydrogen) atoms. The van der Waals surface area contributed by atoms with E-state index in [1.165, 1.54) is 0 Å². The third-order valence-electron chi connectivity index (χ3n) is 3.00. The molecule has 0 fully saturated rings. The van der Waals surface area contributed by atoms with Crippen molar-refractivity contribution >= 4 is 11.8 Å². The maximum Gasteiger partial charge on any atom is 0.257 e. The lowest BCUT2D eigenvalue weighted by Crippen LogP contribution is -2.52. The van der Waals surface area contributed by atoms with E-state index in [2.05, 4.69) is 10.7 Å². The van der Waals surface area contributed by atoms with Crippen LogP contribution in [0.15, 0.2) is 24.3 Å². The number of rotatable bonds is 7. The van der Waals surface area contributed by atoms with Crippen LogP contribution in [0.4, 0.5) is 0 Å². The van der Waals surface area contributed by atoms with E-state index < -0.39 is 6.04 Å². The predicted molar refractivity (Wildman–Crippen MR) is 85.5 cm³/mol. The van der Waals surface area contributed by atoms with Crippen molar-refractivity contribution in [1.82, 2.24) is 15.8 Å². The summed E-state index contributed by atoms with van der Waals surface area (Å²) in [6, 6.07) is 6.37.